The van der Waals surface area contributed by atoms with Gasteiger partial charge in [0.05, 0.1) is 5.69 Å². The monoisotopic (exact) mass is 305 g/mol. The number of rotatable bonds is 5. The number of nitrogens with one attached hydrogen (secondary N) is 2. The molecular formula is C14H15N3O5. The van der Waals surface area contributed by atoms with Crippen LogP contribution in [0.5, 0.6) is 0 Å². The summed E-state index contributed by atoms with van der Waals surface area (Å²) in [6.45, 7) is 1.35. The van der Waals surface area contributed by atoms with E-state index in [0.717, 1.165) is 4.90 Å². The van der Waals surface area contributed by atoms with Crippen LogP contribution in [0.1, 0.15) is 19.8 Å². The molecule has 4 amide bonds. The molecule has 8 heteroatoms. The molecule has 1 fully saturated rings. The molecule has 0 aromatic heterocycles. The molecule has 1 heterocycles. The van der Waals surface area contributed by atoms with E-state index in [0.29, 0.717) is 11.4 Å². The van der Waals surface area contributed by atoms with E-state index in [9.17, 15) is 19.2 Å². The number of carbonyl (C=O) groups is 4. The van der Waals surface area contributed by atoms with Gasteiger partial charge >= 0.3 is 12.0 Å². The zero-order valence-electron chi connectivity index (χ0n) is 11.8. The van der Waals surface area contributed by atoms with Crippen molar-refractivity contribution in [2.75, 3.05) is 10.2 Å². The number of imide groups is 1. The largest absolute Gasteiger partial charge is 0.481 e. The molecule has 8 nitrogen and oxygen atoms in total. The lowest BCUT2D eigenvalue weighted by molar-refractivity contribution is -0.137. The highest BCUT2D eigenvalue weighted by Crippen LogP contribution is 2.24. The minimum absolute atomic E-state index is 0.0296. The van der Waals surface area contributed by atoms with Gasteiger partial charge in [0.1, 0.15) is 6.04 Å². The molecule has 1 aromatic rings. The van der Waals surface area contributed by atoms with Crippen LogP contribution in [0.3, 0.4) is 0 Å². The molecular weight excluding hydrogens is 290 g/mol. The van der Waals surface area contributed by atoms with Crippen molar-refractivity contribution in [3.63, 3.8) is 0 Å². The standard InChI is InChI=1S/C14H15N3O5/c1-8(18)15-9-3-2-4-10(7-9)17-13(21)11(16-14(17)22)5-6-12(19)20/h2-4,7,11H,5-6H2,1H3,(H,15,18)(H,16,22)(H,19,20). The Kier molecular flexibility index (Phi) is 4.40. The van der Waals surface area contributed by atoms with Gasteiger partial charge in [-0.2, -0.15) is 0 Å². The van der Waals surface area contributed by atoms with Gasteiger partial charge in [0.15, 0.2) is 0 Å². The molecule has 0 saturated carbocycles. The Hall–Kier alpha value is -2.90. The van der Waals surface area contributed by atoms with E-state index < -0.39 is 23.9 Å². The molecule has 1 atom stereocenters. The van der Waals surface area contributed by atoms with Crippen molar-refractivity contribution in [2.24, 2.45) is 0 Å². The third-order valence-corrected chi connectivity index (χ3v) is 3.09. The number of carbonyl (C=O) groups excluding carboxylic acids is 3. The van der Waals surface area contributed by atoms with Gasteiger partial charge in [0, 0.05) is 19.0 Å². The number of carboxylic acid groups (broad SMARTS) is 1. The molecule has 0 spiro atoms. The topological polar surface area (TPSA) is 116 Å². The summed E-state index contributed by atoms with van der Waals surface area (Å²) >= 11 is 0. The van der Waals surface area contributed by atoms with Crippen LogP contribution in [0.4, 0.5) is 16.2 Å². The fraction of sp³-hybridized carbons (Fsp3) is 0.286. The van der Waals surface area contributed by atoms with Gasteiger partial charge in [-0.25, -0.2) is 9.69 Å². The molecule has 1 aliphatic rings. The Bertz CT molecular complexity index is 643. The molecule has 116 valence electrons. The molecule has 2 rings (SSSR count). The summed E-state index contributed by atoms with van der Waals surface area (Å²) in [6.07, 6.45) is -0.182. The van der Waals surface area contributed by atoms with Crippen LogP contribution in [-0.2, 0) is 14.4 Å². The second kappa shape index (κ2) is 6.25. The molecule has 0 aliphatic carbocycles. The van der Waals surface area contributed by atoms with Crippen molar-refractivity contribution in [3.05, 3.63) is 24.3 Å². The Balaban J connectivity index is 2.18. The Morgan fingerprint density at radius 3 is 2.73 bits per heavy atom. The van der Waals surface area contributed by atoms with Crippen molar-refractivity contribution in [1.29, 1.82) is 0 Å². The number of nitrogens with zero attached hydrogens (tertiary/aromatic N) is 1. The Morgan fingerprint density at radius 1 is 1.36 bits per heavy atom. The minimum atomic E-state index is -1.03. The van der Waals surface area contributed by atoms with Crippen LogP contribution in [0.2, 0.25) is 0 Å². The summed E-state index contributed by atoms with van der Waals surface area (Å²) in [5.41, 5.74) is 0.770. The number of aliphatic carboxylic acids is 1. The number of hydrogen-bond acceptors (Lipinski definition) is 4. The van der Waals surface area contributed by atoms with E-state index in [1.807, 2.05) is 0 Å². The van der Waals surface area contributed by atoms with Crippen LogP contribution in [0.15, 0.2) is 24.3 Å². The van der Waals surface area contributed by atoms with E-state index in [-0.39, 0.29) is 18.7 Å². The van der Waals surface area contributed by atoms with Gasteiger partial charge in [-0.3, -0.25) is 14.4 Å². The number of urea groups is 1. The predicted molar refractivity (Wildman–Crippen MR) is 77.4 cm³/mol. The number of hydrogen-bond donors (Lipinski definition) is 3. The zero-order chi connectivity index (χ0) is 16.3. The zero-order valence-corrected chi connectivity index (χ0v) is 11.8. The Labute approximate surface area is 126 Å². The van der Waals surface area contributed by atoms with E-state index in [2.05, 4.69) is 10.6 Å². The molecule has 0 bridgehead atoms. The smallest absolute Gasteiger partial charge is 0.329 e. The summed E-state index contributed by atoms with van der Waals surface area (Å²) in [7, 11) is 0. The number of anilines is 2. The quantitative estimate of drug-likeness (QED) is 0.700. The molecule has 22 heavy (non-hydrogen) atoms. The fourth-order valence-corrected chi connectivity index (χ4v) is 2.17. The van der Waals surface area contributed by atoms with Gasteiger partial charge in [-0.1, -0.05) is 6.07 Å². The summed E-state index contributed by atoms with van der Waals surface area (Å²) in [5.74, 6) is -1.81. The third-order valence-electron chi connectivity index (χ3n) is 3.09. The molecule has 3 N–H and O–H groups in total. The summed E-state index contributed by atoms with van der Waals surface area (Å²) in [5, 5.41) is 13.7. The van der Waals surface area contributed by atoms with Crippen molar-refractivity contribution in [2.45, 2.75) is 25.8 Å². The fourth-order valence-electron chi connectivity index (χ4n) is 2.17. The van der Waals surface area contributed by atoms with Crippen LogP contribution >= 0.6 is 0 Å². The van der Waals surface area contributed by atoms with Gasteiger partial charge in [-0.15, -0.1) is 0 Å². The molecule has 1 saturated heterocycles. The van der Waals surface area contributed by atoms with Crippen LogP contribution in [0, 0.1) is 0 Å². The first-order valence-corrected chi connectivity index (χ1v) is 6.62. The van der Waals surface area contributed by atoms with E-state index in [1.54, 1.807) is 18.2 Å². The first kappa shape index (κ1) is 15.5. The molecule has 1 unspecified atom stereocenters. The Morgan fingerprint density at radius 2 is 2.09 bits per heavy atom. The van der Waals surface area contributed by atoms with Gasteiger partial charge < -0.3 is 15.7 Å². The second-order valence-electron chi connectivity index (χ2n) is 4.84. The summed E-state index contributed by atoms with van der Waals surface area (Å²) < 4.78 is 0. The second-order valence-corrected chi connectivity index (χ2v) is 4.84. The third kappa shape index (κ3) is 3.40. The highest BCUT2D eigenvalue weighted by molar-refractivity contribution is 6.21. The lowest BCUT2D eigenvalue weighted by atomic mass is 10.1. The van der Waals surface area contributed by atoms with E-state index in [1.165, 1.54) is 13.0 Å². The van der Waals surface area contributed by atoms with Crippen LogP contribution in [-0.4, -0.2) is 35.0 Å². The SMILES string of the molecule is CC(=O)Nc1cccc(N2C(=O)NC(CCC(=O)O)C2=O)c1. The van der Waals surface area contributed by atoms with Crippen LogP contribution in [0.25, 0.3) is 0 Å². The highest BCUT2D eigenvalue weighted by Gasteiger charge is 2.38. The van der Waals surface area contributed by atoms with Gasteiger partial charge in [-0.05, 0) is 24.6 Å². The average Bonchev–Trinajstić information content (AvgIpc) is 2.70. The lowest BCUT2D eigenvalue weighted by Gasteiger charge is -2.14. The molecule has 0 radical (unpaired) electrons. The maximum atomic E-state index is 12.2. The van der Waals surface area contributed by atoms with E-state index >= 15 is 0 Å². The van der Waals surface area contributed by atoms with Crippen molar-refractivity contribution in [1.82, 2.24) is 5.32 Å². The average molecular weight is 305 g/mol. The van der Waals surface area contributed by atoms with Gasteiger partial charge in [0.25, 0.3) is 5.91 Å². The molecule has 1 aromatic carbocycles. The maximum Gasteiger partial charge on any atom is 0.329 e. The molecule has 1 aliphatic heterocycles. The number of amides is 4. The highest BCUT2D eigenvalue weighted by atomic mass is 16.4. The normalized spacial score (nSPS) is 17.3. The van der Waals surface area contributed by atoms with Crippen LogP contribution < -0.4 is 15.5 Å². The van der Waals surface area contributed by atoms with Crippen molar-refractivity contribution in [3.8, 4) is 0 Å². The number of benzene rings is 1. The summed E-state index contributed by atoms with van der Waals surface area (Å²) in [4.78, 5) is 46.7. The van der Waals surface area contributed by atoms with Crippen molar-refractivity contribution < 1.29 is 24.3 Å². The van der Waals surface area contributed by atoms with Gasteiger partial charge in [0.2, 0.25) is 5.91 Å². The first-order chi connectivity index (χ1) is 10.4. The summed E-state index contributed by atoms with van der Waals surface area (Å²) in [6, 6.07) is 4.83. The van der Waals surface area contributed by atoms with Crippen molar-refractivity contribution >= 4 is 35.2 Å². The lowest BCUT2D eigenvalue weighted by Crippen LogP contribution is -2.31. The predicted octanol–water partition coefficient (Wildman–Crippen LogP) is 0.935. The first-order valence-electron chi connectivity index (χ1n) is 6.62. The minimum Gasteiger partial charge on any atom is -0.481 e. The number of carboxylic acids is 1. The maximum absolute atomic E-state index is 12.2. The van der Waals surface area contributed by atoms with E-state index in [4.69, 9.17) is 5.11 Å².